The summed E-state index contributed by atoms with van der Waals surface area (Å²) in [6, 6.07) is 0. The van der Waals surface area contributed by atoms with Crippen molar-refractivity contribution in [3.05, 3.63) is 0 Å². The fourth-order valence-corrected chi connectivity index (χ4v) is 2.94. The van der Waals surface area contributed by atoms with Crippen LogP contribution in [0.3, 0.4) is 0 Å². The first-order valence-electron chi connectivity index (χ1n) is 4.72. The summed E-state index contributed by atoms with van der Waals surface area (Å²) in [7, 11) is 0. The molecular weight excluding hydrogens is 166 g/mol. The van der Waals surface area contributed by atoms with Gasteiger partial charge in [-0.25, -0.2) is 0 Å². The van der Waals surface area contributed by atoms with Gasteiger partial charge in [0, 0.05) is 11.3 Å². The molecular formula is C10H15NO2. The van der Waals surface area contributed by atoms with Crippen molar-refractivity contribution in [2.45, 2.75) is 33.6 Å². The SMILES string of the molecule is CC1(C)C2CC[C@]1(C)C(=O)/C2=N\O. The molecule has 1 unspecified atom stereocenters. The quantitative estimate of drug-likeness (QED) is 0.458. The maximum absolute atomic E-state index is 11.8. The van der Waals surface area contributed by atoms with E-state index >= 15 is 0 Å². The second kappa shape index (κ2) is 2.14. The predicted octanol–water partition coefficient (Wildman–Crippen LogP) is 1.84. The molecule has 13 heavy (non-hydrogen) atoms. The summed E-state index contributed by atoms with van der Waals surface area (Å²) in [4.78, 5) is 11.8. The zero-order valence-corrected chi connectivity index (χ0v) is 8.29. The Morgan fingerprint density at radius 1 is 1.46 bits per heavy atom. The van der Waals surface area contributed by atoms with E-state index in [-0.39, 0.29) is 22.5 Å². The Balaban J connectivity index is 2.57. The molecule has 0 saturated heterocycles. The molecule has 0 aromatic carbocycles. The molecule has 0 aromatic heterocycles. The third kappa shape index (κ3) is 0.713. The van der Waals surface area contributed by atoms with Crippen molar-refractivity contribution in [1.29, 1.82) is 0 Å². The van der Waals surface area contributed by atoms with Crippen molar-refractivity contribution in [1.82, 2.24) is 0 Å². The normalized spacial score (nSPS) is 44.7. The van der Waals surface area contributed by atoms with E-state index in [1.165, 1.54) is 0 Å². The van der Waals surface area contributed by atoms with Crippen LogP contribution in [0.15, 0.2) is 5.16 Å². The maximum atomic E-state index is 11.8. The lowest BCUT2D eigenvalue weighted by Gasteiger charge is -2.31. The minimum atomic E-state index is -0.292. The highest BCUT2D eigenvalue weighted by atomic mass is 16.4. The van der Waals surface area contributed by atoms with Gasteiger partial charge in [-0.15, -0.1) is 0 Å². The lowest BCUT2D eigenvalue weighted by molar-refractivity contribution is -0.123. The molecule has 2 saturated carbocycles. The van der Waals surface area contributed by atoms with Crippen molar-refractivity contribution in [2.75, 3.05) is 0 Å². The number of rotatable bonds is 0. The second-order valence-corrected chi connectivity index (χ2v) is 4.96. The lowest BCUT2D eigenvalue weighted by atomic mass is 9.70. The second-order valence-electron chi connectivity index (χ2n) is 4.96. The molecule has 0 aromatic rings. The lowest BCUT2D eigenvalue weighted by Crippen LogP contribution is -2.33. The summed E-state index contributed by atoms with van der Waals surface area (Å²) in [5, 5.41) is 11.9. The third-order valence-electron chi connectivity index (χ3n) is 4.40. The van der Waals surface area contributed by atoms with Gasteiger partial charge in [-0.1, -0.05) is 25.9 Å². The number of fused-ring (bicyclic) bond motifs is 2. The van der Waals surface area contributed by atoms with Crippen LogP contribution >= 0.6 is 0 Å². The van der Waals surface area contributed by atoms with Crippen molar-refractivity contribution in [3.63, 3.8) is 0 Å². The molecule has 0 spiro atoms. The largest absolute Gasteiger partial charge is 0.411 e. The fourth-order valence-electron chi connectivity index (χ4n) is 2.94. The molecule has 2 atom stereocenters. The van der Waals surface area contributed by atoms with Gasteiger partial charge in [0.25, 0.3) is 0 Å². The van der Waals surface area contributed by atoms with E-state index in [2.05, 4.69) is 19.0 Å². The molecule has 2 aliphatic rings. The average molecular weight is 181 g/mol. The minimum absolute atomic E-state index is 0.0361. The molecule has 3 nitrogen and oxygen atoms in total. The van der Waals surface area contributed by atoms with Gasteiger partial charge in [0.2, 0.25) is 0 Å². The summed E-state index contributed by atoms with van der Waals surface area (Å²) < 4.78 is 0. The number of carbonyl (C=O) groups is 1. The molecule has 72 valence electrons. The highest BCUT2D eigenvalue weighted by Crippen LogP contribution is 2.62. The van der Waals surface area contributed by atoms with E-state index in [9.17, 15) is 4.79 Å². The number of carbonyl (C=O) groups excluding carboxylic acids is 1. The Kier molecular flexibility index (Phi) is 1.44. The average Bonchev–Trinajstić information content (AvgIpc) is 2.36. The molecule has 2 rings (SSSR count). The fraction of sp³-hybridized carbons (Fsp3) is 0.800. The molecule has 3 heteroatoms. The molecule has 2 fully saturated rings. The van der Waals surface area contributed by atoms with Gasteiger partial charge in [-0.2, -0.15) is 0 Å². The van der Waals surface area contributed by atoms with E-state index < -0.39 is 0 Å². The van der Waals surface area contributed by atoms with Gasteiger partial charge in [0.1, 0.15) is 5.71 Å². The topological polar surface area (TPSA) is 49.7 Å². The van der Waals surface area contributed by atoms with Crippen molar-refractivity contribution >= 4 is 11.5 Å². The van der Waals surface area contributed by atoms with Crippen LogP contribution in [0.4, 0.5) is 0 Å². The Hall–Kier alpha value is -0.860. The first kappa shape index (κ1) is 8.73. The molecule has 2 aliphatic carbocycles. The molecule has 0 heterocycles. The standard InChI is InChI=1S/C10H15NO2/c1-9(2)6-4-5-10(9,3)8(12)7(6)11-13/h6,13H,4-5H2,1-3H3/b11-7-/t6?,10-/m1/s1. The summed E-state index contributed by atoms with van der Waals surface area (Å²) in [5.74, 6) is 0.214. The highest BCUT2D eigenvalue weighted by Gasteiger charge is 2.65. The Morgan fingerprint density at radius 2 is 2.08 bits per heavy atom. The van der Waals surface area contributed by atoms with Crippen LogP contribution in [0.2, 0.25) is 0 Å². The molecule has 0 aliphatic heterocycles. The third-order valence-corrected chi connectivity index (χ3v) is 4.40. The first-order chi connectivity index (χ1) is 5.95. The number of hydrogen-bond donors (Lipinski definition) is 1. The summed E-state index contributed by atoms with van der Waals surface area (Å²) in [5.41, 5.74) is 0.0731. The van der Waals surface area contributed by atoms with Crippen molar-refractivity contribution in [3.8, 4) is 0 Å². The van der Waals surface area contributed by atoms with Crippen molar-refractivity contribution < 1.29 is 10.0 Å². The predicted molar refractivity (Wildman–Crippen MR) is 48.8 cm³/mol. The number of hydrogen-bond acceptors (Lipinski definition) is 3. The molecule has 0 radical (unpaired) electrons. The van der Waals surface area contributed by atoms with Crippen LogP contribution in [0.5, 0.6) is 0 Å². The van der Waals surface area contributed by atoms with Crippen LogP contribution in [0, 0.1) is 16.7 Å². The number of oxime groups is 1. The van der Waals surface area contributed by atoms with E-state index in [4.69, 9.17) is 5.21 Å². The van der Waals surface area contributed by atoms with Gasteiger partial charge >= 0.3 is 0 Å². The van der Waals surface area contributed by atoms with E-state index in [0.29, 0.717) is 5.71 Å². The van der Waals surface area contributed by atoms with Gasteiger partial charge in [-0.05, 0) is 18.3 Å². The van der Waals surface area contributed by atoms with Gasteiger partial charge in [0.05, 0.1) is 0 Å². The van der Waals surface area contributed by atoms with E-state index in [1.807, 2.05) is 6.92 Å². The Bertz CT molecular complexity index is 306. The summed E-state index contributed by atoms with van der Waals surface area (Å²) >= 11 is 0. The van der Waals surface area contributed by atoms with Crippen LogP contribution in [0.25, 0.3) is 0 Å². The zero-order chi connectivity index (χ0) is 9.85. The highest BCUT2D eigenvalue weighted by molar-refractivity contribution is 6.45. The van der Waals surface area contributed by atoms with Crippen LogP contribution in [-0.4, -0.2) is 16.7 Å². The number of ketones is 1. The summed E-state index contributed by atoms with van der Waals surface area (Å²) in [6.45, 7) is 6.19. The molecule has 0 amide bonds. The zero-order valence-electron chi connectivity index (χ0n) is 8.29. The number of nitrogens with zero attached hydrogens (tertiary/aromatic N) is 1. The minimum Gasteiger partial charge on any atom is -0.411 e. The molecule has 1 N–H and O–H groups in total. The van der Waals surface area contributed by atoms with Crippen LogP contribution in [0.1, 0.15) is 33.6 Å². The van der Waals surface area contributed by atoms with Gasteiger partial charge < -0.3 is 5.21 Å². The maximum Gasteiger partial charge on any atom is 0.187 e. The van der Waals surface area contributed by atoms with E-state index in [0.717, 1.165) is 12.8 Å². The monoisotopic (exact) mass is 181 g/mol. The summed E-state index contributed by atoms with van der Waals surface area (Å²) in [6.07, 6.45) is 1.91. The van der Waals surface area contributed by atoms with Crippen molar-refractivity contribution in [2.24, 2.45) is 21.9 Å². The first-order valence-corrected chi connectivity index (χ1v) is 4.72. The number of Topliss-reactive ketones (excluding diaryl/α,β-unsaturated/α-hetero) is 1. The van der Waals surface area contributed by atoms with Gasteiger partial charge in [0.15, 0.2) is 5.78 Å². The Labute approximate surface area is 77.8 Å². The molecule has 2 bridgehead atoms. The van der Waals surface area contributed by atoms with Gasteiger partial charge in [-0.3, -0.25) is 4.79 Å². The smallest absolute Gasteiger partial charge is 0.187 e. The Morgan fingerprint density at radius 3 is 2.38 bits per heavy atom. The van der Waals surface area contributed by atoms with Crippen LogP contribution < -0.4 is 0 Å². The van der Waals surface area contributed by atoms with E-state index in [1.54, 1.807) is 0 Å². The van der Waals surface area contributed by atoms with Crippen LogP contribution in [-0.2, 0) is 4.79 Å².